The summed E-state index contributed by atoms with van der Waals surface area (Å²) in [7, 11) is 0. The summed E-state index contributed by atoms with van der Waals surface area (Å²) in [4.78, 5) is 29.8. The van der Waals surface area contributed by atoms with Crippen LogP contribution in [0.3, 0.4) is 0 Å². The molecule has 2 aromatic rings. The van der Waals surface area contributed by atoms with E-state index in [-0.39, 0.29) is 30.0 Å². The van der Waals surface area contributed by atoms with Crippen LogP contribution in [-0.4, -0.2) is 74.9 Å². The fourth-order valence-electron chi connectivity index (χ4n) is 4.20. The number of hydrogen-bond donors (Lipinski definition) is 3. The molecule has 1 aromatic heterocycles. The molecule has 3 rings (SSSR count). The van der Waals surface area contributed by atoms with E-state index >= 15 is 0 Å². The molecule has 1 aliphatic rings. The number of alkyl halides is 10. The minimum atomic E-state index is -6.39. The molecule has 1 aromatic carbocycles. The molecule has 1 saturated heterocycles. The third-order valence-corrected chi connectivity index (χ3v) is 7.35. The minimum Gasteiger partial charge on any atom is -0.389 e. The van der Waals surface area contributed by atoms with Crippen LogP contribution in [0.5, 0.6) is 0 Å². The van der Waals surface area contributed by atoms with E-state index in [1.807, 2.05) is 0 Å². The number of amides is 2. The molecule has 1 unspecified atom stereocenters. The van der Waals surface area contributed by atoms with E-state index in [1.165, 1.54) is 20.8 Å². The largest absolute Gasteiger partial charge is 0.430 e. The molecular formula is C24H23F10N3O4S. The first-order valence-electron chi connectivity index (χ1n) is 11.9. The number of benzene rings is 1. The predicted octanol–water partition coefficient (Wildman–Crippen LogP) is 5.43. The van der Waals surface area contributed by atoms with Crippen LogP contribution in [-0.2, 0) is 5.60 Å². The van der Waals surface area contributed by atoms with Gasteiger partial charge in [0.2, 0.25) is 0 Å². The Kier molecular flexibility index (Phi) is 8.72. The van der Waals surface area contributed by atoms with Crippen molar-refractivity contribution in [3.63, 3.8) is 0 Å². The van der Waals surface area contributed by atoms with Crippen molar-refractivity contribution in [3.05, 3.63) is 40.0 Å². The molecule has 0 radical (unpaired) electrons. The van der Waals surface area contributed by atoms with E-state index < -0.39 is 99.0 Å². The van der Waals surface area contributed by atoms with Gasteiger partial charge in [-0.05, 0) is 26.8 Å². The molecule has 0 saturated carbocycles. The Labute approximate surface area is 235 Å². The number of thiazole rings is 1. The summed E-state index contributed by atoms with van der Waals surface area (Å²) >= 11 is 0.235. The van der Waals surface area contributed by atoms with Crippen molar-refractivity contribution in [2.75, 3.05) is 13.1 Å². The normalized spacial score (nSPS) is 18.1. The molecule has 234 valence electrons. The fourth-order valence-corrected chi connectivity index (χ4v) is 5.22. The zero-order valence-electron chi connectivity index (χ0n) is 21.8. The minimum absolute atomic E-state index is 0.0663. The second-order valence-electron chi connectivity index (χ2n) is 10.3. The topological polar surface area (TPSA) is 103 Å². The first-order valence-corrected chi connectivity index (χ1v) is 12.7. The van der Waals surface area contributed by atoms with Crippen molar-refractivity contribution < 1.29 is 63.7 Å². The predicted molar refractivity (Wildman–Crippen MR) is 127 cm³/mol. The van der Waals surface area contributed by atoms with Crippen molar-refractivity contribution in [3.8, 4) is 10.4 Å². The number of rotatable bonds is 7. The van der Waals surface area contributed by atoms with Gasteiger partial charge in [0.1, 0.15) is 5.69 Å². The summed E-state index contributed by atoms with van der Waals surface area (Å²) in [5.74, 6) is -5.66. The van der Waals surface area contributed by atoms with Gasteiger partial charge in [-0.2, -0.15) is 26.3 Å². The summed E-state index contributed by atoms with van der Waals surface area (Å²) in [5.41, 5.74) is -12.2. The van der Waals surface area contributed by atoms with Crippen molar-refractivity contribution in [2.45, 2.75) is 69.1 Å². The average Bonchev–Trinajstić information content (AvgIpc) is 3.39. The van der Waals surface area contributed by atoms with Gasteiger partial charge in [0.15, 0.2) is 5.01 Å². The zero-order valence-corrected chi connectivity index (χ0v) is 22.6. The highest BCUT2D eigenvalue weighted by atomic mass is 32.1. The van der Waals surface area contributed by atoms with Gasteiger partial charge in [-0.3, -0.25) is 9.59 Å². The third-order valence-electron chi connectivity index (χ3n) is 6.26. The lowest BCUT2D eigenvalue weighted by Gasteiger charge is -2.33. The maximum absolute atomic E-state index is 14.1. The lowest BCUT2D eigenvalue weighted by Crippen LogP contribution is -2.54. The Morgan fingerprint density at radius 3 is 2.14 bits per heavy atom. The highest BCUT2D eigenvalue weighted by Crippen LogP contribution is 2.51. The van der Waals surface area contributed by atoms with Gasteiger partial charge in [0, 0.05) is 35.7 Å². The number of carbonyl (C=O) groups is 2. The highest BCUT2D eigenvalue weighted by Gasteiger charge is 2.71. The molecule has 0 spiro atoms. The van der Waals surface area contributed by atoms with E-state index in [0.717, 1.165) is 0 Å². The molecule has 2 heterocycles. The molecule has 42 heavy (non-hydrogen) atoms. The van der Waals surface area contributed by atoms with Gasteiger partial charge >= 0.3 is 12.4 Å². The van der Waals surface area contributed by atoms with Crippen LogP contribution < -0.4 is 5.32 Å². The van der Waals surface area contributed by atoms with Gasteiger partial charge in [-0.25, -0.2) is 22.5 Å². The number of carbonyl (C=O) groups excluding carboxylic acids is 2. The van der Waals surface area contributed by atoms with Crippen LogP contribution in [0.1, 0.15) is 65.0 Å². The molecule has 0 aliphatic carbocycles. The number of halogens is 10. The highest BCUT2D eigenvalue weighted by molar-refractivity contribution is 7.17. The maximum atomic E-state index is 14.1. The molecular weight excluding hydrogens is 616 g/mol. The fraction of sp³-hybridized carbons (Fsp3) is 0.542. The SMILES string of the molecule is CC1CC(F)(F)CN1C(=O)c1nc(C(=O)NCC(C)(C)O)sc1-c1ccc(C(O)(C(F)(F)F)C(F)(F)F)cc1C(F)F. The monoisotopic (exact) mass is 639 g/mol. The Balaban J connectivity index is 2.24. The van der Waals surface area contributed by atoms with Crippen molar-refractivity contribution in [2.24, 2.45) is 0 Å². The molecule has 0 bridgehead atoms. The summed E-state index contributed by atoms with van der Waals surface area (Å²) < 4.78 is 137. The summed E-state index contributed by atoms with van der Waals surface area (Å²) in [6.07, 6.45) is -17.3. The van der Waals surface area contributed by atoms with Crippen LogP contribution in [0.2, 0.25) is 0 Å². The first-order chi connectivity index (χ1) is 18.9. The summed E-state index contributed by atoms with van der Waals surface area (Å²) in [6.45, 7) is 2.38. The van der Waals surface area contributed by atoms with Gasteiger partial charge in [0.05, 0.1) is 17.0 Å². The number of nitrogens with one attached hydrogen (secondary N) is 1. The van der Waals surface area contributed by atoms with Crippen molar-refractivity contribution >= 4 is 23.2 Å². The Hall–Kier alpha value is -2.99. The second-order valence-corrected chi connectivity index (χ2v) is 11.3. The molecule has 2 amide bonds. The molecule has 18 heteroatoms. The third kappa shape index (κ3) is 6.49. The lowest BCUT2D eigenvalue weighted by molar-refractivity contribution is -0.376. The molecule has 1 atom stereocenters. The molecule has 1 aliphatic heterocycles. The Bertz CT molecular complexity index is 1340. The summed E-state index contributed by atoms with van der Waals surface area (Å²) in [6, 6.07) is -0.920. The van der Waals surface area contributed by atoms with Gasteiger partial charge in [0.25, 0.3) is 29.8 Å². The van der Waals surface area contributed by atoms with Crippen molar-refractivity contribution in [1.29, 1.82) is 0 Å². The van der Waals surface area contributed by atoms with Crippen LogP contribution in [0.4, 0.5) is 43.9 Å². The smallest absolute Gasteiger partial charge is 0.389 e. The maximum Gasteiger partial charge on any atom is 0.430 e. The molecule has 1 fully saturated rings. The van der Waals surface area contributed by atoms with E-state index in [9.17, 15) is 63.7 Å². The van der Waals surface area contributed by atoms with Crippen LogP contribution in [0.15, 0.2) is 18.2 Å². The van der Waals surface area contributed by atoms with E-state index in [2.05, 4.69) is 10.3 Å². The van der Waals surface area contributed by atoms with Gasteiger partial charge < -0.3 is 20.4 Å². The van der Waals surface area contributed by atoms with E-state index in [0.29, 0.717) is 11.0 Å². The van der Waals surface area contributed by atoms with Crippen LogP contribution >= 0.6 is 11.3 Å². The van der Waals surface area contributed by atoms with E-state index in [1.54, 1.807) is 0 Å². The number of aliphatic hydroxyl groups is 2. The number of aromatic nitrogens is 1. The van der Waals surface area contributed by atoms with Crippen molar-refractivity contribution in [1.82, 2.24) is 15.2 Å². The number of likely N-dealkylation sites (tertiary alicyclic amines) is 1. The van der Waals surface area contributed by atoms with E-state index in [4.69, 9.17) is 0 Å². The number of hydrogen-bond acceptors (Lipinski definition) is 6. The molecule has 7 nitrogen and oxygen atoms in total. The zero-order chi connectivity index (χ0) is 32.2. The standard InChI is InChI=1S/C24H23F10N3O4S/c1-10-7-21(27,28)9-37(10)19(39)14-15(42-18(36-14)17(38)35-8-20(2,3)40)12-5-4-11(6-13(12)16(25)26)22(41,23(29,30)31)24(32,33)34/h4-6,10,16,40-41H,7-9H2,1-3H3,(H,35,38). The Morgan fingerprint density at radius 1 is 1.12 bits per heavy atom. The van der Waals surface area contributed by atoms with Gasteiger partial charge in [-0.15, -0.1) is 11.3 Å². The first kappa shape index (κ1) is 33.5. The summed E-state index contributed by atoms with van der Waals surface area (Å²) in [5, 5.41) is 21.2. The van der Waals surface area contributed by atoms with Gasteiger partial charge in [-0.1, -0.05) is 12.1 Å². The average molecular weight is 640 g/mol. The number of nitrogens with zero attached hydrogens (tertiary/aromatic N) is 2. The second kappa shape index (κ2) is 10.9. The Morgan fingerprint density at radius 2 is 1.69 bits per heavy atom. The van der Waals surface area contributed by atoms with Crippen LogP contribution in [0, 0.1) is 0 Å². The molecule has 3 N–H and O–H groups in total. The quantitative estimate of drug-likeness (QED) is 0.351. The lowest BCUT2D eigenvalue weighted by atomic mass is 9.89. The van der Waals surface area contributed by atoms with Crippen LogP contribution in [0.25, 0.3) is 10.4 Å².